The van der Waals surface area contributed by atoms with Crippen LogP contribution in [0.1, 0.15) is 52.8 Å². The molecule has 2 fully saturated rings. The molecule has 1 aromatic rings. The Labute approximate surface area is 164 Å². The predicted molar refractivity (Wildman–Crippen MR) is 95.7 cm³/mol. The van der Waals surface area contributed by atoms with Gasteiger partial charge in [0, 0.05) is 13.0 Å². The zero-order valence-corrected chi connectivity index (χ0v) is 15.3. The van der Waals surface area contributed by atoms with Crippen LogP contribution in [0, 0.1) is 5.82 Å². The molecule has 9 nitrogen and oxygen atoms in total. The topological polar surface area (TPSA) is 124 Å². The van der Waals surface area contributed by atoms with Gasteiger partial charge in [-0.15, -0.1) is 0 Å². The van der Waals surface area contributed by atoms with Crippen LogP contribution in [0.2, 0.25) is 0 Å². The van der Waals surface area contributed by atoms with E-state index in [1.165, 1.54) is 11.0 Å². The summed E-state index contributed by atoms with van der Waals surface area (Å²) < 4.78 is 14.8. The highest BCUT2D eigenvalue weighted by Gasteiger charge is 2.45. The van der Waals surface area contributed by atoms with Gasteiger partial charge in [0.25, 0.3) is 11.8 Å². The lowest BCUT2D eigenvalue weighted by molar-refractivity contribution is -0.139. The van der Waals surface area contributed by atoms with Crippen molar-refractivity contribution in [1.29, 1.82) is 0 Å². The Bertz CT molecular complexity index is 962. The maximum Gasteiger partial charge on any atom is 0.326 e. The number of carbonyl (C=O) groups excluding carboxylic acids is 4. The zero-order chi connectivity index (χ0) is 20.9. The summed E-state index contributed by atoms with van der Waals surface area (Å²) in [6.45, 7) is 0.311. The number of nitrogens with one attached hydrogen (secondary N) is 1. The number of carbonyl (C=O) groups is 5. The molecular weight excluding hydrogens is 385 g/mol. The van der Waals surface area contributed by atoms with E-state index in [1.807, 2.05) is 0 Å². The molecule has 152 valence electrons. The van der Waals surface area contributed by atoms with Gasteiger partial charge in [-0.2, -0.15) is 0 Å². The molecule has 4 amide bonds. The second kappa shape index (κ2) is 6.94. The number of anilines is 1. The molecule has 2 saturated heterocycles. The summed E-state index contributed by atoms with van der Waals surface area (Å²) in [6.07, 6.45) is 1.70. The summed E-state index contributed by atoms with van der Waals surface area (Å²) in [4.78, 5) is 62.7. The number of hydrogen-bond donors (Lipinski definition) is 2. The van der Waals surface area contributed by atoms with Crippen molar-refractivity contribution >= 4 is 35.3 Å². The van der Waals surface area contributed by atoms with E-state index in [1.54, 1.807) is 0 Å². The molecule has 3 aliphatic rings. The third-order valence-corrected chi connectivity index (χ3v) is 5.60. The van der Waals surface area contributed by atoms with E-state index in [-0.39, 0.29) is 29.7 Å². The van der Waals surface area contributed by atoms with E-state index < -0.39 is 47.5 Å². The van der Waals surface area contributed by atoms with Gasteiger partial charge in [-0.3, -0.25) is 29.4 Å². The Balaban J connectivity index is 1.70. The number of carboxylic acids is 1. The molecule has 2 atom stereocenters. The maximum absolute atomic E-state index is 14.8. The third-order valence-electron chi connectivity index (χ3n) is 5.60. The van der Waals surface area contributed by atoms with Crippen LogP contribution in [0.5, 0.6) is 0 Å². The molecule has 3 aliphatic heterocycles. The van der Waals surface area contributed by atoms with Crippen LogP contribution in [0.15, 0.2) is 12.1 Å². The van der Waals surface area contributed by atoms with E-state index in [2.05, 4.69) is 5.32 Å². The number of aliphatic carboxylic acids is 1. The lowest BCUT2D eigenvalue weighted by Gasteiger charge is -2.35. The Morgan fingerprint density at radius 2 is 1.76 bits per heavy atom. The largest absolute Gasteiger partial charge is 0.480 e. The normalized spacial score (nSPS) is 24.6. The third kappa shape index (κ3) is 3.04. The summed E-state index contributed by atoms with van der Waals surface area (Å²) in [5.74, 6) is -4.69. The van der Waals surface area contributed by atoms with Gasteiger partial charge >= 0.3 is 5.97 Å². The first-order valence-corrected chi connectivity index (χ1v) is 9.34. The molecule has 0 bridgehead atoms. The van der Waals surface area contributed by atoms with Gasteiger partial charge in [0.1, 0.15) is 17.9 Å². The fraction of sp³-hybridized carbons (Fsp3) is 0.421. The first-order chi connectivity index (χ1) is 13.8. The highest BCUT2D eigenvalue weighted by atomic mass is 19.1. The number of piperidine rings is 2. The quantitative estimate of drug-likeness (QED) is 0.711. The summed E-state index contributed by atoms with van der Waals surface area (Å²) in [5.41, 5.74) is -0.308. The minimum absolute atomic E-state index is 0.00130. The Morgan fingerprint density at radius 3 is 2.41 bits per heavy atom. The second-order valence-corrected chi connectivity index (χ2v) is 7.34. The zero-order valence-electron chi connectivity index (χ0n) is 15.3. The van der Waals surface area contributed by atoms with E-state index in [0.717, 1.165) is 11.0 Å². The number of fused-ring (bicyclic) bond motifs is 1. The van der Waals surface area contributed by atoms with Crippen LogP contribution in [0.3, 0.4) is 0 Å². The standard InChI is InChI=1S/C19H18FN3O6/c20-11-7-9-10(8-14(11)22-6-2-1-3-13(22)19(28)29)18(27)23(17(9)26)12-4-5-15(24)21-16(12)25/h7-8,12-13H,1-6H2,(H,28,29)(H,21,24,25). The van der Waals surface area contributed by atoms with Crippen molar-refractivity contribution < 1.29 is 33.5 Å². The molecule has 2 N–H and O–H groups in total. The smallest absolute Gasteiger partial charge is 0.326 e. The molecule has 0 aromatic heterocycles. The number of halogens is 1. The number of nitrogens with zero attached hydrogens (tertiary/aromatic N) is 2. The molecule has 0 saturated carbocycles. The number of amides is 4. The van der Waals surface area contributed by atoms with Gasteiger partial charge in [0.15, 0.2) is 0 Å². The lowest BCUT2D eigenvalue weighted by Crippen LogP contribution is -2.54. The van der Waals surface area contributed by atoms with Crippen molar-refractivity contribution in [2.45, 2.75) is 44.2 Å². The van der Waals surface area contributed by atoms with Gasteiger partial charge in [0.05, 0.1) is 16.8 Å². The van der Waals surface area contributed by atoms with E-state index in [0.29, 0.717) is 25.8 Å². The molecular formula is C19H18FN3O6. The highest BCUT2D eigenvalue weighted by molar-refractivity contribution is 6.23. The lowest BCUT2D eigenvalue weighted by atomic mass is 9.99. The fourth-order valence-corrected chi connectivity index (χ4v) is 4.18. The van der Waals surface area contributed by atoms with Gasteiger partial charge in [-0.1, -0.05) is 0 Å². The minimum atomic E-state index is -1.15. The summed E-state index contributed by atoms with van der Waals surface area (Å²) in [7, 11) is 0. The van der Waals surface area contributed by atoms with Crippen molar-refractivity contribution in [1.82, 2.24) is 10.2 Å². The summed E-state index contributed by atoms with van der Waals surface area (Å²) >= 11 is 0. The summed E-state index contributed by atoms with van der Waals surface area (Å²) in [5, 5.41) is 11.5. The minimum Gasteiger partial charge on any atom is -0.480 e. The molecule has 0 aliphatic carbocycles. The molecule has 1 aromatic carbocycles. The van der Waals surface area contributed by atoms with Crippen molar-refractivity contribution in [2.24, 2.45) is 0 Å². The van der Waals surface area contributed by atoms with Crippen molar-refractivity contribution in [3.05, 3.63) is 29.1 Å². The second-order valence-electron chi connectivity index (χ2n) is 7.34. The molecule has 0 spiro atoms. The van der Waals surface area contributed by atoms with Crippen LogP contribution in [-0.2, 0) is 14.4 Å². The van der Waals surface area contributed by atoms with Crippen molar-refractivity contribution in [2.75, 3.05) is 11.4 Å². The average molecular weight is 403 g/mol. The SMILES string of the molecule is O=C1CCC(N2C(=O)c3cc(F)c(N4CCCCC4C(=O)O)cc3C2=O)C(=O)N1. The number of hydrogen-bond acceptors (Lipinski definition) is 6. The van der Waals surface area contributed by atoms with Crippen LogP contribution >= 0.6 is 0 Å². The van der Waals surface area contributed by atoms with Crippen molar-refractivity contribution in [3.8, 4) is 0 Å². The van der Waals surface area contributed by atoms with E-state index in [4.69, 9.17) is 0 Å². The maximum atomic E-state index is 14.8. The molecule has 2 unspecified atom stereocenters. The predicted octanol–water partition coefficient (Wildman–Crippen LogP) is 0.670. The Morgan fingerprint density at radius 1 is 1.07 bits per heavy atom. The molecule has 10 heteroatoms. The molecule has 0 radical (unpaired) electrons. The Hall–Kier alpha value is -3.30. The van der Waals surface area contributed by atoms with Crippen LogP contribution < -0.4 is 10.2 Å². The van der Waals surface area contributed by atoms with Crippen molar-refractivity contribution in [3.63, 3.8) is 0 Å². The number of imide groups is 2. The van der Waals surface area contributed by atoms with Gasteiger partial charge in [-0.05, 0) is 37.8 Å². The Kier molecular flexibility index (Phi) is 4.56. The highest BCUT2D eigenvalue weighted by Crippen LogP contribution is 2.34. The van der Waals surface area contributed by atoms with Gasteiger partial charge in [-0.25, -0.2) is 9.18 Å². The molecule has 3 heterocycles. The number of benzene rings is 1. The van der Waals surface area contributed by atoms with Crippen LogP contribution in [0.4, 0.5) is 10.1 Å². The number of carboxylic acid groups (broad SMARTS) is 1. The molecule has 4 rings (SSSR count). The average Bonchev–Trinajstić information content (AvgIpc) is 2.91. The van der Waals surface area contributed by atoms with E-state index >= 15 is 0 Å². The number of rotatable bonds is 3. The first-order valence-electron chi connectivity index (χ1n) is 9.34. The van der Waals surface area contributed by atoms with E-state index in [9.17, 15) is 33.5 Å². The first kappa shape index (κ1) is 19.0. The van der Waals surface area contributed by atoms with Crippen LogP contribution in [0.25, 0.3) is 0 Å². The van der Waals surface area contributed by atoms with Gasteiger partial charge < -0.3 is 10.0 Å². The fourth-order valence-electron chi connectivity index (χ4n) is 4.18. The summed E-state index contributed by atoms with van der Waals surface area (Å²) in [6, 6.07) is 0.0469. The van der Waals surface area contributed by atoms with Crippen LogP contribution in [-0.4, -0.2) is 58.2 Å². The monoisotopic (exact) mass is 403 g/mol. The van der Waals surface area contributed by atoms with Gasteiger partial charge in [0.2, 0.25) is 11.8 Å². The molecule has 29 heavy (non-hydrogen) atoms.